The fraction of sp³-hybridized carbons (Fsp3) is 0.294. The van der Waals surface area contributed by atoms with Gasteiger partial charge in [0.15, 0.2) is 5.78 Å². The van der Waals surface area contributed by atoms with Crippen LogP contribution < -0.4 is 15.9 Å². The molecule has 0 saturated heterocycles. The van der Waals surface area contributed by atoms with E-state index >= 15 is 0 Å². The number of allylic oxidation sites excluding steroid dienone is 2. The summed E-state index contributed by atoms with van der Waals surface area (Å²) in [5.74, 6) is -0.331. The summed E-state index contributed by atoms with van der Waals surface area (Å²) in [5, 5.41) is 3.63. The Labute approximate surface area is 237 Å². The number of aldehydes is 1. The quantitative estimate of drug-likeness (QED) is 0.140. The minimum absolute atomic E-state index is 0.203. The third-order valence-corrected chi connectivity index (χ3v) is 12.2. The molecule has 0 amide bonds. The molecule has 4 rings (SSSR count). The van der Waals surface area contributed by atoms with Gasteiger partial charge >= 0.3 is 5.97 Å². The summed E-state index contributed by atoms with van der Waals surface area (Å²) >= 11 is 0. The van der Waals surface area contributed by atoms with Gasteiger partial charge in [-0.15, -0.1) is 0 Å². The third kappa shape index (κ3) is 5.48. The van der Waals surface area contributed by atoms with Crippen molar-refractivity contribution in [2.75, 3.05) is 13.2 Å². The third-order valence-electron chi connectivity index (χ3n) is 7.80. The Bertz CT molecular complexity index is 1310. The van der Waals surface area contributed by atoms with Crippen LogP contribution in [0.25, 0.3) is 0 Å². The summed E-state index contributed by atoms with van der Waals surface area (Å²) in [6.07, 6.45) is 3.18. The molecule has 2 atom stereocenters. The molecule has 0 N–H and O–H groups in total. The summed E-state index contributed by atoms with van der Waals surface area (Å²) in [6.45, 7) is 3.51. The van der Waals surface area contributed by atoms with E-state index in [1.807, 2.05) is 68.4 Å². The van der Waals surface area contributed by atoms with E-state index in [1.165, 1.54) is 6.08 Å². The highest BCUT2D eigenvalue weighted by molar-refractivity contribution is 7.96. The Kier molecular flexibility index (Phi) is 9.60. The van der Waals surface area contributed by atoms with E-state index in [1.54, 1.807) is 6.92 Å². The van der Waals surface area contributed by atoms with Crippen LogP contribution >= 0.6 is 6.89 Å². The zero-order valence-corrected chi connectivity index (χ0v) is 24.3. The van der Waals surface area contributed by atoms with Crippen LogP contribution in [0.2, 0.25) is 0 Å². The average Bonchev–Trinajstić information content (AvgIpc) is 2.98. The zero-order valence-electron chi connectivity index (χ0n) is 23.4. The van der Waals surface area contributed by atoms with Crippen molar-refractivity contribution < 1.29 is 23.9 Å². The lowest BCUT2D eigenvalue weighted by atomic mass is 9.66. The molecule has 0 aliphatic heterocycles. The highest BCUT2D eigenvalue weighted by atomic mass is 31.2. The smallest absolute Gasteiger partial charge is 0.335 e. The van der Waals surface area contributed by atoms with Crippen LogP contribution in [0, 0.1) is 11.3 Å². The van der Waals surface area contributed by atoms with Gasteiger partial charge < -0.3 is 14.3 Å². The molecule has 1 aliphatic carbocycles. The molecule has 3 aromatic rings. The van der Waals surface area contributed by atoms with E-state index in [4.69, 9.17) is 9.47 Å². The lowest BCUT2D eigenvalue weighted by molar-refractivity contribution is -0.137. The molecule has 0 fully saturated rings. The van der Waals surface area contributed by atoms with Gasteiger partial charge in [-0.25, -0.2) is 4.79 Å². The lowest BCUT2D eigenvalue weighted by Crippen LogP contribution is -2.43. The van der Waals surface area contributed by atoms with Gasteiger partial charge in [0.2, 0.25) is 0 Å². The van der Waals surface area contributed by atoms with Crippen LogP contribution in [0.15, 0.2) is 103 Å². The first-order chi connectivity index (χ1) is 19.4. The minimum Gasteiger partial charge on any atom is -0.498 e. The molecule has 0 unspecified atom stereocenters. The van der Waals surface area contributed by atoms with Crippen molar-refractivity contribution in [2.24, 2.45) is 11.3 Å². The minimum atomic E-state index is -2.74. The van der Waals surface area contributed by atoms with Gasteiger partial charge in [0.05, 0.1) is 24.4 Å². The van der Waals surface area contributed by atoms with Crippen molar-refractivity contribution in [1.29, 1.82) is 0 Å². The molecule has 3 aromatic carbocycles. The van der Waals surface area contributed by atoms with E-state index in [0.29, 0.717) is 24.1 Å². The number of ketones is 1. The van der Waals surface area contributed by atoms with Crippen molar-refractivity contribution in [3.8, 4) is 0 Å². The largest absolute Gasteiger partial charge is 0.498 e. The first-order valence-corrected chi connectivity index (χ1v) is 15.7. The van der Waals surface area contributed by atoms with Gasteiger partial charge in [0.1, 0.15) is 6.29 Å². The predicted octanol–water partition coefficient (Wildman–Crippen LogP) is 5.21. The highest BCUT2D eigenvalue weighted by Crippen LogP contribution is 2.49. The predicted molar refractivity (Wildman–Crippen MR) is 163 cm³/mol. The number of rotatable bonds is 11. The monoisotopic (exact) mass is 556 g/mol. The molecular weight excluding hydrogens is 519 g/mol. The molecule has 0 spiro atoms. The molecule has 0 bridgehead atoms. The summed E-state index contributed by atoms with van der Waals surface area (Å²) in [7, 11) is 0. The molecule has 5 nitrogen and oxygen atoms in total. The SMILES string of the molecule is CCOC(=O)C(CC[C@]1(C=O)C(=O)C=C(OCC)C[C@H]1C)=P(c1ccccc1)(c1ccccc1)c1ccccc1. The second-order valence-corrected chi connectivity index (χ2v) is 13.4. The number of ether oxygens (including phenoxy) is 2. The number of carbonyl (C=O) groups excluding carboxylic acids is 3. The Morgan fingerprint density at radius 3 is 1.77 bits per heavy atom. The molecule has 40 heavy (non-hydrogen) atoms. The average molecular weight is 557 g/mol. The molecule has 6 heteroatoms. The molecule has 0 saturated carbocycles. The van der Waals surface area contributed by atoms with Crippen LogP contribution in [-0.2, 0) is 23.9 Å². The van der Waals surface area contributed by atoms with Crippen LogP contribution in [0.4, 0.5) is 0 Å². The second-order valence-electron chi connectivity index (χ2n) is 10.0. The van der Waals surface area contributed by atoms with Crippen LogP contribution in [-0.4, -0.2) is 36.5 Å². The van der Waals surface area contributed by atoms with E-state index in [2.05, 4.69) is 36.4 Å². The van der Waals surface area contributed by atoms with Gasteiger partial charge in [-0.3, -0.25) is 4.79 Å². The van der Waals surface area contributed by atoms with Gasteiger partial charge in [-0.05, 0) is 55.4 Å². The first-order valence-electron chi connectivity index (χ1n) is 13.9. The van der Waals surface area contributed by atoms with Crippen LogP contribution in [0.5, 0.6) is 0 Å². The van der Waals surface area contributed by atoms with Gasteiger partial charge in [-0.2, -0.15) is 0 Å². The highest BCUT2D eigenvalue weighted by Gasteiger charge is 2.46. The maximum Gasteiger partial charge on any atom is 0.335 e. The maximum atomic E-state index is 14.0. The Morgan fingerprint density at radius 2 is 1.38 bits per heavy atom. The molecule has 0 aromatic heterocycles. The standard InChI is InChI=1S/C34H37O5P/c1-4-38-27-23-26(3)34(25-35,32(36)24-27)22-21-31(33(37)39-5-2)40(28-15-9-6-10-16-28,29-17-11-7-12-18-29)30-19-13-8-14-20-30/h6-20,24-26H,4-5,21-23H2,1-3H3/t26-,34-/m1/s1. The zero-order chi connectivity index (χ0) is 28.6. The fourth-order valence-corrected chi connectivity index (χ4v) is 10.2. The molecule has 0 radical (unpaired) electrons. The maximum absolute atomic E-state index is 14.0. The number of esters is 1. The Balaban J connectivity index is 2.02. The number of benzene rings is 3. The number of carbonyl (C=O) groups is 3. The Hall–Kier alpha value is -3.69. The van der Waals surface area contributed by atoms with E-state index < -0.39 is 18.3 Å². The van der Waals surface area contributed by atoms with Crippen molar-refractivity contribution >= 4 is 46.1 Å². The van der Waals surface area contributed by atoms with Gasteiger partial charge in [0.25, 0.3) is 0 Å². The van der Waals surface area contributed by atoms with E-state index in [-0.39, 0.29) is 31.1 Å². The van der Waals surface area contributed by atoms with Crippen molar-refractivity contribution in [3.05, 3.63) is 103 Å². The topological polar surface area (TPSA) is 69.7 Å². The van der Waals surface area contributed by atoms with Crippen molar-refractivity contribution in [3.63, 3.8) is 0 Å². The summed E-state index contributed by atoms with van der Waals surface area (Å²) in [5.41, 5.74) is -1.25. The van der Waals surface area contributed by atoms with E-state index in [0.717, 1.165) is 22.2 Å². The number of hydrogen-bond acceptors (Lipinski definition) is 5. The summed E-state index contributed by atoms with van der Waals surface area (Å²) in [6, 6.07) is 30.2. The van der Waals surface area contributed by atoms with Gasteiger partial charge in [-0.1, -0.05) is 97.9 Å². The number of hydrogen-bond donors (Lipinski definition) is 0. The summed E-state index contributed by atoms with van der Waals surface area (Å²) < 4.78 is 11.4. The molecular formula is C34H37O5P. The van der Waals surface area contributed by atoms with Crippen molar-refractivity contribution in [2.45, 2.75) is 40.0 Å². The Morgan fingerprint density at radius 1 is 0.875 bits per heavy atom. The normalized spacial score (nSPS) is 18.9. The summed E-state index contributed by atoms with van der Waals surface area (Å²) in [4.78, 5) is 40.3. The second kappa shape index (κ2) is 13.1. The molecule has 0 heterocycles. The van der Waals surface area contributed by atoms with Crippen LogP contribution in [0.3, 0.4) is 0 Å². The molecule has 208 valence electrons. The van der Waals surface area contributed by atoms with Crippen LogP contribution in [0.1, 0.15) is 40.0 Å². The van der Waals surface area contributed by atoms with Crippen molar-refractivity contribution in [1.82, 2.24) is 0 Å². The molecule has 1 aliphatic rings. The lowest BCUT2D eigenvalue weighted by Gasteiger charge is -2.37. The van der Waals surface area contributed by atoms with Gasteiger partial charge in [0, 0.05) is 17.8 Å². The first kappa shape index (κ1) is 29.3. The fourth-order valence-electron chi connectivity index (χ4n) is 5.77. The van der Waals surface area contributed by atoms with E-state index in [9.17, 15) is 14.4 Å².